The third kappa shape index (κ3) is 2.13. The van der Waals surface area contributed by atoms with Gasteiger partial charge in [0.05, 0.1) is 28.8 Å². The molecule has 0 atom stereocenters. The Balaban J connectivity index is 1.29. The minimum absolute atomic E-state index is 0.0907. The van der Waals surface area contributed by atoms with Crippen LogP contribution in [0.1, 0.15) is 31.2 Å². The van der Waals surface area contributed by atoms with E-state index in [0.29, 0.717) is 23.3 Å². The van der Waals surface area contributed by atoms with Gasteiger partial charge >= 0.3 is 11.8 Å². The first-order valence-corrected chi connectivity index (χ1v) is 10.1. The van der Waals surface area contributed by atoms with E-state index in [1.807, 2.05) is 12.1 Å². The van der Waals surface area contributed by atoms with Gasteiger partial charge in [0, 0.05) is 18.3 Å². The number of nitrogens with zero attached hydrogens (tertiary/aromatic N) is 2. The number of fused-ring (bicyclic) bond motifs is 3. The number of urea groups is 1. The Hall–Kier alpha value is -3.22. The van der Waals surface area contributed by atoms with E-state index in [4.69, 9.17) is 4.42 Å². The Kier molecular flexibility index (Phi) is 3.13. The third-order valence-electron chi connectivity index (χ3n) is 7.24. The van der Waals surface area contributed by atoms with Crippen molar-refractivity contribution in [1.82, 2.24) is 10.3 Å². The smallest absolute Gasteiger partial charge is 0.406 e. The average Bonchev–Trinajstić information content (AvgIpc) is 3.27. The molecule has 2 amide bonds. The van der Waals surface area contributed by atoms with Crippen LogP contribution in [0.15, 0.2) is 51.7 Å². The fraction of sp³-hybridized carbons (Fsp3) is 0.364. The van der Waals surface area contributed by atoms with Crippen molar-refractivity contribution in [2.24, 2.45) is 0 Å². The number of rotatable bonds is 1. The summed E-state index contributed by atoms with van der Waals surface area (Å²) < 4.78 is 5.31. The van der Waals surface area contributed by atoms with Gasteiger partial charge in [-0.25, -0.2) is 9.59 Å². The molecule has 2 N–H and O–H groups in total. The van der Waals surface area contributed by atoms with Gasteiger partial charge in [0.15, 0.2) is 5.58 Å². The molecule has 1 aromatic heterocycles. The van der Waals surface area contributed by atoms with Crippen LogP contribution in [0, 0.1) is 0 Å². The maximum Gasteiger partial charge on any atom is 0.417 e. The predicted molar refractivity (Wildman–Crippen MR) is 110 cm³/mol. The monoisotopic (exact) mass is 390 g/mol. The third-order valence-corrected chi connectivity index (χ3v) is 7.24. The number of para-hydroxylation sites is 2. The molecule has 1 saturated heterocycles. The van der Waals surface area contributed by atoms with E-state index < -0.39 is 5.76 Å². The highest BCUT2D eigenvalue weighted by atomic mass is 16.4. The first-order chi connectivity index (χ1) is 14.0. The van der Waals surface area contributed by atoms with Crippen molar-refractivity contribution in [3.63, 3.8) is 0 Å². The van der Waals surface area contributed by atoms with Crippen LogP contribution >= 0.6 is 0 Å². The van der Waals surface area contributed by atoms with Crippen LogP contribution in [0.5, 0.6) is 0 Å². The Bertz CT molecular complexity index is 1200. The lowest BCUT2D eigenvalue weighted by molar-refractivity contribution is 0.174. The normalized spacial score (nSPS) is 28.1. The first-order valence-electron chi connectivity index (χ1n) is 10.1. The summed E-state index contributed by atoms with van der Waals surface area (Å²) in [6, 6.07) is 13.9. The molecule has 148 valence electrons. The molecular weight excluding hydrogens is 368 g/mol. The highest BCUT2D eigenvalue weighted by Gasteiger charge is 2.55. The molecule has 7 nitrogen and oxygen atoms in total. The van der Waals surface area contributed by atoms with Gasteiger partial charge in [0.2, 0.25) is 0 Å². The number of aromatic nitrogens is 1. The molecule has 0 bridgehead atoms. The lowest BCUT2D eigenvalue weighted by Gasteiger charge is -2.58. The van der Waals surface area contributed by atoms with Crippen molar-refractivity contribution in [3.05, 3.63) is 58.6 Å². The second kappa shape index (κ2) is 5.43. The van der Waals surface area contributed by atoms with Crippen LogP contribution in [0.4, 0.5) is 16.2 Å². The molecule has 7 heteroatoms. The highest BCUT2D eigenvalue weighted by Crippen LogP contribution is 2.56. The molecule has 2 spiro atoms. The van der Waals surface area contributed by atoms with E-state index in [0.717, 1.165) is 25.7 Å². The van der Waals surface area contributed by atoms with Gasteiger partial charge in [-0.3, -0.25) is 9.88 Å². The van der Waals surface area contributed by atoms with Crippen LogP contribution < -0.4 is 20.9 Å². The number of hydrogen-bond acceptors (Lipinski definition) is 4. The number of oxazole rings is 1. The van der Waals surface area contributed by atoms with Crippen LogP contribution in [0.2, 0.25) is 0 Å². The molecule has 6 rings (SSSR count). The van der Waals surface area contributed by atoms with Crippen molar-refractivity contribution < 1.29 is 9.21 Å². The fourth-order valence-electron chi connectivity index (χ4n) is 5.62. The summed E-state index contributed by atoms with van der Waals surface area (Å²) in [6.45, 7) is 0.585. The van der Waals surface area contributed by atoms with Crippen molar-refractivity contribution >= 4 is 28.5 Å². The van der Waals surface area contributed by atoms with Gasteiger partial charge < -0.3 is 14.6 Å². The quantitative estimate of drug-likeness (QED) is 0.668. The van der Waals surface area contributed by atoms with Crippen molar-refractivity contribution in [1.29, 1.82) is 0 Å². The summed E-state index contributed by atoms with van der Waals surface area (Å²) in [7, 11) is 2.18. The fourth-order valence-corrected chi connectivity index (χ4v) is 5.62. The Morgan fingerprint density at radius 1 is 0.966 bits per heavy atom. The molecule has 2 aromatic carbocycles. The van der Waals surface area contributed by atoms with Crippen molar-refractivity contribution in [2.75, 3.05) is 23.4 Å². The largest absolute Gasteiger partial charge is 0.417 e. The Morgan fingerprint density at radius 2 is 1.72 bits per heavy atom. The van der Waals surface area contributed by atoms with Crippen molar-refractivity contribution in [2.45, 2.75) is 36.8 Å². The molecule has 3 aliphatic rings. The second-order valence-corrected chi connectivity index (χ2v) is 8.57. The molecule has 3 heterocycles. The van der Waals surface area contributed by atoms with Crippen molar-refractivity contribution in [3.8, 4) is 0 Å². The van der Waals surface area contributed by atoms with Crippen LogP contribution in [0.3, 0.4) is 0 Å². The van der Waals surface area contributed by atoms with Gasteiger partial charge in [0.1, 0.15) is 0 Å². The zero-order valence-corrected chi connectivity index (χ0v) is 16.2. The molecule has 1 saturated carbocycles. The zero-order chi connectivity index (χ0) is 19.8. The molecule has 0 radical (unpaired) electrons. The topological polar surface area (TPSA) is 81.6 Å². The van der Waals surface area contributed by atoms with E-state index in [-0.39, 0.29) is 17.1 Å². The summed E-state index contributed by atoms with van der Waals surface area (Å²) >= 11 is 0. The minimum Gasteiger partial charge on any atom is -0.406 e. The summed E-state index contributed by atoms with van der Waals surface area (Å²) in [5, 5.41) is 3.25. The maximum atomic E-state index is 12.9. The lowest BCUT2D eigenvalue weighted by atomic mass is 9.64. The number of anilines is 2. The molecule has 1 aliphatic carbocycles. The van der Waals surface area contributed by atoms with Gasteiger partial charge in [-0.1, -0.05) is 24.3 Å². The van der Waals surface area contributed by atoms with Crippen LogP contribution in [0.25, 0.3) is 11.1 Å². The number of amides is 2. The SMILES string of the molecule is CN1c2ccccc2C12CCC1(CC2)CN(c2cccc3[nH]c(=O)oc23)C(=O)N1. The number of carbonyl (C=O) groups excluding carboxylic acids is 1. The lowest BCUT2D eigenvalue weighted by Crippen LogP contribution is -2.59. The number of nitrogens with one attached hydrogen (secondary N) is 2. The summed E-state index contributed by atoms with van der Waals surface area (Å²) in [5.41, 5.74) is 4.27. The number of H-pyrrole nitrogens is 1. The van der Waals surface area contributed by atoms with Gasteiger partial charge in [-0.05, 0) is 43.9 Å². The van der Waals surface area contributed by atoms with Gasteiger partial charge in [-0.2, -0.15) is 0 Å². The summed E-state index contributed by atoms with van der Waals surface area (Å²) in [6.07, 6.45) is 3.86. The van der Waals surface area contributed by atoms with E-state index in [1.54, 1.807) is 11.0 Å². The number of aromatic amines is 1. The molecule has 2 aliphatic heterocycles. The first kappa shape index (κ1) is 16.7. The zero-order valence-electron chi connectivity index (χ0n) is 16.2. The van der Waals surface area contributed by atoms with E-state index in [1.165, 1.54) is 11.3 Å². The molecule has 2 fully saturated rings. The number of hydrogen-bond donors (Lipinski definition) is 2. The Morgan fingerprint density at radius 3 is 2.55 bits per heavy atom. The molecule has 0 unspecified atom stereocenters. The minimum atomic E-state index is -0.506. The molecule has 3 aromatic rings. The van der Waals surface area contributed by atoms with E-state index in [2.05, 4.69) is 46.5 Å². The van der Waals surface area contributed by atoms with Gasteiger partial charge in [-0.15, -0.1) is 0 Å². The van der Waals surface area contributed by atoms with Crippen LogP contribution in [-0.4, -0.2) is 30.1 Å². The maximum absolute atomic E-state index is 12.9. The summed E-state index contributed by atoms with van der Waals surface area (Å²) in [5.74, 6) is -0.506. The Labute approximate surface area is 167 Å². The summed E-state index contributed by atoms with van der Waals surface area (Å²) in [4.78, 5) is 31.3. The van der Waals surface area contributed by atoms with Gasteiger partial charge in [0.25, 0.3) is 0 Å². The second-order valence-electron chi connectivity index (χ2n) is 8.57. The van der Waals surface area contributed by atoms with E-state index in [9.17, 15) is 9.59 Å². The predicted octanol–water partition coefficient (Wildman–Crippen LogP) is 3.31. The number of benzene rings is 2. The molecule has 29 heavy (non-hydrogen) atoms. The number of carbonyl (C=O) groups is 1. The standard InChI is InChI=1S/C22H22N4O3/c1-25-16-7-3-2-5-14(16)22(25)11-9-21(10-12-22)13-26(19(27)24-21)17-8-4-6-15-18(17)29-20(28)23-15/h2-8H,9-13H2,1H3,(H,23,28)(H,24,27). The van der Waals surface area contributed by atoms with Crippen LogP contribution in [-0.2, 0) is 5.54 Å². The van der Waals surface area contributed by atoms with E-state index >= 15 is 0 Å². The average molecular weight is 390 g/mol. The molecular formula is C22H22N4O3. The highest BCUT2D eigenvalue weighted by molar-refractivity contribution is 6.01.